The van der Waals surface area contributed by atoms with E-state index in [2.05, 4.69) is 4.74 Å². The summed E-state index contributed by atoms with van der Waals surface area (Å²) in [7, 11) is 1.36. The molecule has 0 radical (unpaired) electrons. The first kappa shape index (κ1) is 16.4. The van der Waals surface area contributed by atoms with E-state index < -0.39 is 0 Å². The molecule has 0 bridgehead atoms. The third kappa shape index (κ3) is 3.40. The molecule has 1 aromatic heterocycles. The summed E-state index contributed by atoms with van der Waals surface area (Å²) in [6.45, 7) is 2.82. The van der Waals surface area contributed by atoms with Gasteiger partial charge in [0.1, 0.15) is 0 Å². The molecular formula is C19H22N2O3. The first-order chi connectivity index (χ1) is 11.6. The quantitative estimate of drug-likeness (QED) is 0.765. The average Bonchev–Trinajstić information content (AvgIpc) is 3.46. The predicted octanol–water partition coefficient (Wildman–Crippen LogP) is 3.14. The number of amides is 1. The lowest BCUT2D eigenvalue weighted by atomic mass is 10.0. The molecule has 0 unspecified atom stereocenters. The highest BCUT2D eigenvalue weighted by molar-refractivity contribution is 6.06. The highest BCUT2D eigenvalue weighted by Crippen LogP contribution is 2.40. The van der Waals surface area contributed by atoms with Crippen LogP contribution in [-0.4, -0.2) is 42.0 Å². The van der Waals surface area contributed by atoms with Crippen LogP contribution in [-0.2, 0) is 9.53 Å². The van der Waals surface area contributed by atoms with Crippen molar-refractivity contribution in [2.75, 3.05) is 20.2 Å². The number of aromatic nitrogens is 1. The Morgan fingerprint density at radius 2 is 2.04 bits per heavy atom. The summed E-state index contributed by atoms with van der Waals surface area (Å²) in [5, 5.41) is 0.864. The van der Waals surface area contributed by atoms with Gasteiger partial charge in [-0.05, 0) is 31.9 Å². The van der Waals surface area contributed by atoms with Gasteiger partial charge < -0.3 is 9.64 Å². The van der Waals surface area contributed by atoms with Gasteiger partial charge in [0.05, 0.1) is 24.6 Å². The second-order valence-electron chi connectivity index (χ2n) is 6.10. The minimum absolute atomic E-state index is 0.0538. The second kappa shape index (κ2) is 6.99. The lowest BCUT2D eigenvalue weighted by molar-refractivity contribution is -0.140. The van der Waals surface area contributed by atoms with E-state index in [0.717, 1.165) is 29.4 Å². The minimum Gasteiger partial charge on any atom is -0.469 e. The Hall–Kier alpha value is -2.43. The SMILES string of the molecule is CCN(CCC(=O)OC)C(=O)c1cc(C2CC2)nc2ccccc12. The van der Waals surface area contributed by atoms with E-state index in [9.17, 15) is 9.59 Å². The molecule has 2 aromatic rings. The van der Waals surface area contributed by atoms with Gasteiger partial charge in [-0.15, -0.1) is 0 Å². The van der Waals surface area contributed by atoms with Crippen LogP contribution < -0.4 is 0 Å². The highest BCUT2D eigenvalue weighted by Gasteiger charge is 2.27. The summed E-state index contributed by atoms with van der Waals surface area (Å²) in [6.07, 6.45) is 2.48. The van der Waals surface area contributed by atoms with Crippen LogP contribution in [0.2, 0.25) is 0 Å². The van der Waals surface area contributed by atoms with E-state index in [1.807, 2.05) is 37.3 Å². The van der Waals surface area contributed by atoms with Gasteiger partial charge in [0.15, 0.2) is 0 Å². The average molecular weight is 326 g/mol. The van der Waals surface area contributed by atoms with E-state index in [4.69, 9.17) is 4.98 Å². The highest BCUT2D eigenvalue weighted by atomic mass is 16.5. The second-order valence-corrected chi connectivity index (χ2v) is 6.10. The molecule has 24 heavy (non-hydrogen) atoms. The molecule has 3 rings (SSSR count). The Labute approximate surface area is 141 Å². The Bertz CT molecular complexity index is 768. The van der Waals surface area contributed by atoms with Crippen LogP contribution in [0.4, 0.5) is 0 Å². The van der Waals surface area contributed by atoms with E-state index in [1.165, 1.54) is 7.11 Å². The van der Waals surface area contributed by atoms with Gasteiger partial charge in [0.25, 0.3) is 5.91 Å². The van der Waals surface area contributed by atoms with Gasteiger partial charge >= 0.3 is 5.97 Å². The number of hydrogen-bond acceptors (Lipinski definition) is 4. The first-order valence-electron chi connectivity index (χ1n) is 8.39. The van der Waals surface area contributed by atoms with Gasteiger partial charge in [-0.2, -0.15) is 0 Å². The van der Waals surface area contributed by atoms with Crippen molar-refractivity contribution in [2.45, 2.75) is 32.1 Å². The van der Waals surface area contributed by atoms with E-state index in [0.29, 0.717) is 24.6 Å². The summed E-state index contributed by atoms with van der Waals surface area (Å²) >= 11 is 0. The van der Waals surface area contributed by atoms with E-state index in [-0.39, 0.29) is 18.3 Å². The summed E-state index contributed by atoms with van der Waals surface area (Å²) < 4.78 is 4.67. The zero-order chi connectivity index (χ0) is 17.1. The molecule has 0 N–H and O–H groups in total. The molecule has 0 spiro atoms. The summed E-state index contributed by atoms with van der Waals surface area (Å²) in [4.78, 5) is 30.8. The van der Waals surface area contributed by atoms with Crippen molar-refractivity contribution in [3.05, 3.63) is 41.6 Å². The van der Waals surface area contributed by atoms with Crippen LogP contribution in [0.25, 0.3) is 10.9 Å². The van der Waals surface area contributed by atoms with Gasteiger partial charge in [0, 0.05) is 30.1 Å². The fraction of sp³-hybridized carbons (Fsp3) is 0.421. The zero-order valence-corrected chi connectivity index (χ0v) is 14.1. The number of hydrogen-bond donors (Lipinski definition) is 0. The first-order valence-corrected chi connectivity index (χ1v) is 8.39. The largest absolute Gasteiger partial charge is 0.469 e. The molecule has 5 nitrogen and oxygen atoms in total. The minimum atomic E-state index is -0.306. The number of rotatable bonds is 6. The summed E-state index contributed by atoms with van der Waals surface area (Å²) in [5.41, 5.74) is 2.53. The lowest BCUT2D eigenvalue weighted by Gasteiger charge is -2.21. The molecule has 1 amide bonds. The van der Waals surface area contributed by atoms with Gasteiger partial charge in [-0.3, -0.25) is 14.6 Å². The number of carbonyl (C=O) groups is 2. The number of benzene rings is 1. The fourth-order valence-electron chi connectivity index (χ4n) is 2.86. The van der Waals surface area contributed by atoms with E-state index >= 15 is 0 Å². The van der Waals surface area contributed by atoms with Crippen LogP contribution in [0.15, 0.2) is 30.3 Å². The van der Waals surface area contributed by atoms with Crippen molar-refractivity contribution in [1.29, 1.82) is 0 Å². The van der Waals surface area contributed by atoms with Crippen molar-refractivity contribution in [1.82, 2.24) is 9.88 Å². The van der Waals surface area contributed by atoms with Crippen LogP contribution in [0.1, 0.15) is 48.2 Å². The molecule has 0 saturated heterocycles. The molecule has 1 aliphatic rings. The third-order valence-electron chi connectivity index (χ3n) is 4.44. The Balaban J connectivity index is 1.93. The fourth-order valence-corrected chi connectivity index (χ4v) is 2.86. The molecule has 1 fully saturated rings. The van der Waals surface area contributed by atoms with Gasteiger partial charge in [-0.1, -0.05) is 18.2 Å². The monoisotopic (exact) mass is 326 g/mol. The number of fused-ring (bicyclic) bond motifs is 1. The maximum absolute atomic E-state index is 13.0. The Morgan fingerprint density at radius 3 is 2.71 bits per heavy atom. The number of methoxy groups -OCH3 is 1. The molecular weight excluding hydrogens is 304 g/mol. The molecule has 1 saturated carbocycles. The van der Waals surface area contributed by atoms with Gasteiger partial charge in [-0.25, -0.2) is 0 Å². The molecule has 5 heteroatoms. The lowest BCUT2D eigenvalue weighted by Crippen LogP contribution is -2.33. The summed E-state index contributed by atoms with van der Waals surface area (Å²) in [6, 6.07) is 9.67. The van der Waals surface area contributed by atoms with Gasteiger partial charge in [0.2, 0.25) is 0 Å². The van der Waals surface area contributed by atoms with Crippen molar-refractivity contribution < 1.29 is 14.3 Å². The van der Waals surface area contributed by atoms with Crippen molar-refractivity contribution in [3.63, 3.8) is 0 Å². The summed E-state index contributed by atoms with van der Waals surface area (Å²) in [5.74, 6) is 0.118. The molecule has 1 heterocycles. The molecule has 1 aliphatic carbocycles. The number of nitrogens with zero attached hydrogens (tertiary/aromatic N) is 2. The Kier molecular flexibility index (Phi) is 4.79. The normalized spacial score (nSPS) is 13.8. The van der Waals surface area contributed by atoms with Crippen LogP contribution >= 0.6 is 0 Å². The maximum atomic E-state index is 13.0. The predicted molar refractivity (Wildman–Crippen MR) is 91.9 cm³/mol. The third-order valence-corrected chi connectivity index (χ3v) is 4.44. The van der Waals surface area contributed by atoms with Crippen molar-refractivity contribution in [3.8, 4) is 0 Å². The maximum Gasteiger partial charge on any atom is 0.307 e. The smallest absolute Gasteiger partial charge is 0.307 e. The van der Waals surface area contributed by atoms with Crippen molar-refractivity contribution in [2.24, 2.45) is 0 Å². The number of pyridine rings is 1. The number of para-hydroxylation sites is 1. The molecule has 126 valence electrons. The number of carbonyl (C=O) groups excluding carboxylic acids is 2. The van der Waals surface area contributed by atoms with Crippen LogP contribution in [0.3, 0.4) is 0 Å². The molecule has 0 atom stereocenters. The standard InChI is InChI=1S/C19H22N2O3/c1-3-21(11-10-18(22)24-2)19(23)15-12-17(13-8-9-13)20-16-7-5-4-6-14(15)16/h4-7,12-13H,3,8-11H2,1-2H3. The number of esters is 1. The van der Waals surface area contributed by atoms with Crippen LogP contribution in [0.5, 0.6) is 0 Å². The van der Waals surface area contributed by atoms with E-state index in [1.54, 1.807) is 4.90 Å². The zero-order valence-electron chi connectivity index (χ0n) is 14.1. The molecule has 1 aromatic carbocycles. The number of ether oxygens (including phenoxy) is 1. The topological polar surface area (TPSA) is 59.5 Å². The van der Waals surface area contributed by atoms with Crippen molar-refractivity contribution >= 4 is 22.8 Å². The Morgan fingerprint density at radius 1 is 1.29 bits per heavy atom. The van der Waals surface area contributed by atoms with Crippen LogP contribution in [0, 0.1) is 0 Å². The molecule has 0 aliphatic heterocycles.